The van der Waals surface area contributed by atoms with Crippen LogP contribution in [0.25, 0.3) is 0 Å². The molecular weight excluding hydrogens is 260 g/mol. The van der Waals surface area contributed by atoms with Gasteiger partial charge in [0.15, 0.2) is 0 Å². The number of ether oxygens (including phenoxy) is 1. The van der Waals surface area contributed by atoms with Gasteiger partial charge in [-0.3, -0.25) is 0 Å². The highest BCUT2D eigenvalue weighted by atomic mass is 16.5. The molecule has 3 aliphatic rings. The average molecular weight is 294 g/mol. The lowest BCUT2D eigenvalue weighted by Crippen LogP contribution is -2.54. The van der Waals surface area contributed by atoms with Crippen LogP contribution in [0.3, 0.4) is 0 Å². The van der Waals surface area contributed by atoms with Gasteiger partial charge in [0.05, 0.1) is 11.2 Å². The Kier molecular flexibility index (Phi) is 4.66. The fraction of sp³-hybridized carbons (Fsp3) is 1.00. The third-order valence-corrected chi connectivity index (χ3v) is 6.75. The van der Waals surface area contributed by atoms with Gasteiger partial charge < -0.3 is 9.84 Å². The molecule has 1 N–H and O–H groups in total. The van der Waals surface area contributed by atoms with Gasteiger partial charge in [-0.2, -0.15) is 0 Å². The first-order chi connectivity index (χ1) is 10.1. The van der Waals surface area contributed by atoms with E-state index >= 15 is 0 Å². The van der Waals surface area contributed by atoms with Gasteiger partial charge in [0.2, 0.25) is 0 Å². The second kappa shape index (κ2) is 6.20. The predicted octanol–water partition coefficient (Wildman–Crippen LogP) is 4.69. The minimum absolute atomic E-state index is 0.121. The molecule has 3 fully saturated rings. The molecule has 2 heteroatoms. The summed E-state index contributed by atoms with van der Waals surface area (Å²) in [6, 6.07) is 0. The fourth-order valence-corrected chi connectivity index (χ4v) is 5.62. The summed E-state index contributed by atoms with van der Waals surface area (Å²) < 4.78 is 6.26. The molecule has 1 heterocycles. The summed E-state index contributed by atoms with van der Waals surface area (Å²) in [4.78, 5) is 0. The molecule has 0 aromatic carbocycles. The summed E-state index contributed by atoms with van der Waals surface area (Å²) in [6.07, 6.45) is 13.4. The lowest BCUT2D eigenvalue weighted by atomic mass is 9.60. The monoisotopic (exact) mass is 294 g/mol. The molecule has 0 aromatic heterocycles. The van der Waals surface area contributed by atoms with Crippen molar-refractivity contribution < 1.29 is 9.84 Å². The van der Waals surface area contributed by atoms with Crippen molar-refractivity contribution in [2.45, 2.75) is 95.7 Å². The SMILES string of the molecule is CC(C)C1CCCCC1(O)C1CCOC2(CCCCC2)C1. The molecule has 3 unspecified atom stereocenters. The highest BCUT2D eigenvalue weighted by molar-refractivity contribution is 5.01. The summed E-state index contributed by atoms with van der Waals surface area (Å²) in [5.41, 5.74) is -0.295. The smallest absolute Gasteiger partial charge is 0.0708 e. The Balaban J connectivity index is 1.77. The minimum Gasteiger partial charge on any atom is -0.389 e. The second-order valence-electron chi connectivity index (χ2n) is 8.37. The maximum absolute atomic E-state index is 11.6. The lowest BCUT2D eigenvalue weighted by molar-refractivity contribution is -0.184. The normalized spacial score (nSPS) is 40.6. The third-order valence-electron chi connectivity index (χ3n) is 6.75. The molecule has 2 nitrogen and oxygen atoms in total. The van der Waals surface area contributed by atoms with Crippen LogP contribution in [0.5, 0.6) is 0 Å². The van der Waals surface area contributed by atoms with Crippen LogP contribution in [0, 0.1) is 17.8 Å². The highest BCUT2D eigenvalue weighted by Gasteiger charge is 2.50. The van der Waals surface area contributed by atoms with Crippen LogP contribution in [0.1, 0.15) is 84.5 Å². The largest absolute Gasteiger partial charge is 0.389 e. The Labute approximate surface area is 130 Å². The van der Waals surface area contributed by atoms with E-state index in [-0.39, 0.29) is 5.60 Å². The number of aliphatic hydroxyl groups is 1. The highest BCUT2D eigenvalue weighted by Crippen LogP contribution is 2.50. The molecule has 1 spiro atoms. The first-order valence-corrected chi connectivity index (χ1v) is 9.42. The Bertz CT molecular complexity index is 340. The summed E-state index contributed by atoms with van der Waals surface area (Å²) >= 11 is 0. The van der Waals surface area contributed by atoms with Crippen molar-refractivity contribution in [1.29, 1.82) is 0 Å². The van der Waals surface area contributed by atoms with Crippen LogP contribution in [0.15, 0.2) is 0 Å². The van der Waals surface area contributed by atoms with E-state index < -0.39 is 5.60 Å². The van der Waals surface area contributed by atoms with Crippen molar-refractivity contribution in [2.24, 2.45) is 17.8 Å². The van der Waals surface area contributed by atoms with Gasteiger partial charge in [0.1, 0.15) is 0 Å². The van der Waals surface area contributed by atoms with Crippen molar-refractivity contribution in [3.63, 3.8) is 0 Å². The minimum atomic E-state index is -0.416. The first-order valence-electron chi connectivity index (χ1n) is 9.42. The molecule has 2 aliphatic carbocycles. The Hall–Kier alpha value is -0.0800. The summed E-state index contributed by atoms with van der Waals surface area (Å²) in [6.45, 7) is 5.48. The quantitative estimate of drug-likeness (QED) is 0.800. The van der Waals surface area contributed by atoms with Crippen molar-refractivity contribution in [3.8, 4) is 0 Å². The molecule has 0 aromatic rings. The standard InChI is InChI=1S/C19H34O2/c1-15(2)17-8-4-7-12-19(17,20)16-9-13-21-18(14-16)10-5-3-6-11-18/h15-17,20H,3-14H2,1-2H3. The van der Waals surface area contributed by atoms with Crippen LogP contribution in [-0.4, -0.2) is 22.9 Å². The van der Waals surface area contributed by atoms with Crippen LogP contribution in [0.4, 0.5) is 0 Å². The maximum atomic E-state index is 11.6. The van der Waals surface area contributed by atoms with Crippen molar-refractivity contribution in [2.75, 3.05) is 6.61 Å². The van der Waals surface area contributed by atoms with Gasteiger partial charge in [0.25, 0.3) is 0 Å². The molecule has 21 heavy (non-hydrogen) atoms. The van der Waals surface area contributed by atoms with Gasteiger partial charge in [-0.25, -0.2) is 0 Å². The van der Waals surface area contributed by atoms with Crippen LogP contribution in [0.2, 0.25) is 0 Å². The second-order valence-corrected chi connectivity index (χ2v) is 8.37. The van der Waals surface area contributed by atoms with Gasteiger partial charge in [-0.05, 0) is 56.3 Å². The van der Waals surface area contributed by atoms with Crippen LogP contribution >= 0.6 is 0 Å². The van der Waals surface area contributed by atoms with Crippen molar-refractivity contribution >= 4 is 0 Å². The van der Waals surface area contributed by atoms with Gasteiger partial charge in [-0.15, -0.1) is 0 Å². The molecule has 3 rings (SSSR count). The first kappa shape index (κ1) is 15.8. The molecule has 122 valence electrons. The Morgan fingerprint density at radius 1 is 0.952 bits per heavy atom. The van der Waals surface area contributed by atoms with E-state index in [1.807, 2.05) is 0 Å². The van der Waals surface area contributed by atoms with E-state index in [1.165, 1.54) is 51.4 Å². The van der Waals surface area contributed by atoms with Gasteiger partial charge in [0, 0.05) is 6.61 Å². The number of rotatable bonds is 2. The number of hydrogen-bond acceptors (Lipinski definition) is 2. The van der Waals surface area contributed by atoms with Crippen molar-refractivity contribution in [3.05, 3.63) is 0 Å². The summed E-state index contributed by atoms with van der Waals surface area (Å²) in [5, 5.41) is 11.6. The van der Waals surface area contributed by atoms with E-state index in [4.69, 9.17) is 4.74 Å². The molecule has 0 bridgehead atoms. The molecule has 1 saturated heterocycles. The Morgan fingerprint density at radius 3 is 2.38 bits per heavy atom. The molecule has 0 radical (unpaired) electrons. The van der Waals surface area contributed by atoms with Crippen LogP contribution < -0.4 is 0 Å². The van der Waals surface area contributed by atoms with E-state index in [0.717, 1.165) is 25.9 Å². The molecule has 3 atom stereocenters. The third kappa shape index (κ3) is 3.03. The summed E-state index contributed by atoms with van der Waals surface area (Å²) in [5.74, 6) is 1.56. The van der Waals surface area contributed by atoms with E-state index in [1.54, 1.807) is 0 Å². The van der Waals surface area contributed by atoms with Gasteiger partial charge >= 0.3 is 0 Å². The van der Waals surface area contributed by atoms with E-state index in [0.29, 0.717) is 17.8 Å². The van der Waals surface area contributed by atoms with Crippen molar-refractivity contribution in [1.82, 2.24) is 0 Å². The molecule has 2 saturated carbocycles. The molecule has 1 aliphatic heterocycles. The zero-order valence-electron chi connectivity index (χ0n) is 14.1. The molecule has 0 amide bonds. The average Bonchev–Trinajstić information content (AvgIpc) is 2.48. The molecular formula is C19H34O2. The van der Waals surface area contributed by atoms with E-state index in [9.17, 15) is 5.11 Å². The summed E-state index contributed by atoms with van der Waals surface area (Å²) in [7, 11) is 0. The lowest BCUT2D eigenvalue weighted by Gasteiger charge is -2.53. The van der Waals surface area contributed by atoms with Gasteiger partial charge in [-0.1, -0.05) is 46.0 Å². The fourth-order valence-electron chi connectivity index (χ4n) is 5.62. The zero-order valence-corrected chi connectivity index (χ0v) is 14.1. The van der Waals surface area contributed by atoms with Crippen LogP contribution in [-0.2, 0) is 4.74 Å². The predicted molar refractivity (Wildman–Crippen MR) is 86.2 cm³/mol. The van der Waals surface area contributed by atoms with E-state index in [2.05, 4.69) is 13.8 Å². The zero-order chi connectivity index (χ0) is 14.9. The Morgan fingerprint density at radius 2 is 1.67 bits per heavy atom. The topological polar surface area (TPSA) is 29.5 Å². The number of hydrogen-bond donors (Lipinski definition) is 1. The maximum Gasteiger partial charge on any atom is 0.0708 e.